The number of ether oxygens (including phenoxy) is 2. The van der Waals surface area contributed by atoms with E-state index in [2.05, 4.69) is 20.9 Å². The standard InChI is InChI=1S/C25H28N8O3/c1-29-15-18(21(26)33-11-13-35-14-12-33)22(27)36-25(28)32-23-24(34)30-19-10-6-5-9-17(19)20(31-23)16-7-3-2-4-8-16/h2-10,15,23,26-27,29H,11-14H2,1H3,(H2,28,32)(H,30,34)/b18-15+,26-21?,27-22?. The number of nitrogens with zero attached hydrogens (tertiary/aromatic N) is 2. The summed E-state index contributed by atoms with van der Waals surface area (Å²) in [5.74, 6) is -0.805. The Morgan fingerprint density at radius 1 is 1.11 bits per heavy atom. The minimum atomic E-state index is -1.18. The molecule has 1 unspecified atom stereocenters. The predicted octanol–water partition coefficient (Wildman–Crippen LogP) is 1.73. The van der Waals surface area contributed by atoms with Gasteiger partial charge in [-0.3, -0.25) is 21.0 Å². The van der Waals surface area contributed by atoms with Gasteiger partial charge in [-0.25, -0.2) is 4.99 Å². The summed E-state index contributed by atoms with van der Waals surface area (Å²) in [5.41, 5.74) is 2.91. The van der Waals surface area contributed by atoms with Crippen LogP contribution in [0.4, 0.5) is 5.69 Å². The van der Waals surface area contributed by atoms with E-state index >= 15 is 0 Å². The molecule has 0 saturated carbocycles. The first-order valence-electron chi connectivity index (χ1n) is 11.4. The van der Waals surface area contributed by atoms with Crippen molar-refractivity contribution in [1.29, 1.82) is 16.2 Å². The maximum absolute atomic E-state index is 13.0. The third-order valence-corrected chi connectivity index (χ3v) is 5.58. The number of aliphatic imine (C=N–C) groups is 1. The number of fused-ring (bicyclic) bond motifs is 1. The van der Waals surface area contributed by atoms with Crippen molar-refractivity contribution in [3.63, 3.8) is 0 Å². The number of rotatable bonds is 5. The molecule has 0 radical (unpaired) electrons. The van der Waals surface area contributed by atoms with E-state index in [4.69, 9.17) is 25.7 Å². The fourth-order valence-corrected chi connectivity index (χ4v) is 3.83. The third kappa shape index (κ3) is 5.58. The third-order valence-electron chi connectivity index (χ3n) is 5.58. The number of hydrogen-bond acceptors (Lipinski definition) is 8. The number of carbonyl (C=O) groups excluding carboxylic acids is 1. The zero-order valence-corrected chi connectivity index (χ0v) is 19.8. The predicted molar refractivity (Wildman–Crippen MR) is 138 cm³/mol. The molecule has 2 aromatic carbocycles. The van der Waals surface area contributed by atoms with E-state index < -0.39 is 24.0 Å². The van der Waals surface area contributed by atoms with Crippen LogP contribution < -0.4 is 16.0 Å². The SMILES string of the molecule is CN/C=C(/C(=N)OC(=N)NC1N=C(c2ccccc2)c2ccccc2NC1=O)C(=N)N1CCOCC1. The molecule has 2 heterocycles. The average Bonchev–Trinajstić information content (AvgIpc) is 3.04. The van der Waals surface area contributed by atoms with Crippen molar-refractivity contribution < 1.29 is 14.3 Å². The van der Waals surface area contributed by atoms with Crippen LogP contribution >= 0.6 is 0 Å². The van der Waals surface area contributed by atoms with Crippen molar-refractivity contribution in [1.82, 2.24) is 15.5 Å². The van der Waals surface area contributed by atoms with Gasteiger partial charge in [-0.05, 0) is 6.07 Å². The Morgan fingerprint density at radius 3 is 2.53 bits per heavy atom. The van der Waals surface area contributed by atoms with E-state index in [1.54, 1.807) is 18.0 Å². The number of carbonyl (C=O) groups is 1. The summed E-state index contributed by atoms with van der Waals surface area (Å²) in [5, 5.41) is 33.5. The van der Waals surface area contributed by atoms with Gasteiger partial charge in [0.2, 0.25) is 12.1 Å². The average molecular weight is 489 g/mol. The molecular weight excluding hydrogens is 460 g/mol. The molecule has 186 valence electrons. The highest BCUT2D eigenvalue weighted by Crippen LogP contribution is 2.23. The maximum Gasteiger partial charge on any atom is 0.290 e. The second-order valence-electron chi connectivity index (χ2n) is 7.98. The molecule has 1 amide bonds. The van der Waals surface area contributed by atoms with Gasteiger partial charge in [-0.1, -0.05) is 48.5 Å². The molecule has 0 spiro atoms. The van der Waals surface area contributed by atoms with E-state index in [0.29, 0.717) is 37.7 Å². The molecule has 2 aliphatic rings. The molecule has 2 aliphatic heterocycles. The van der Waals surface area contributed by atoms with Crippen LogP contribution in [0.2, 0.25) is 0 Å². The largest absolute Gasteiger partial charge is 0.407 e. The summed E-state index contributed by atoms with van der Waals surface area (Å²) < 4.78 is 10.7. The van der Waals surface area contributed by atoms with Crippen LogP contribution in [0.1, 0.15) is 11.1 Å². The molecule has 11 heteroatoms. The lowest BCUT2D eigenvalue weighted by Gasteiger charge is -2.30. The molecule has 1 fully saturated rings. The van der Waals surface area contributed by atoms with Crippen molar-refractivity contribution in [2.75, 3.05) is 38.7 Å². The fourth-order valence-electron chi connectivity index (χ4n) is 3.83. The monoisotopic (exact) mass is 488 g/mol. The number of hydrogen-bond donors (Lipinski definition) is 6. The highest BCUT2D eigenvalue weighted by Gasteiger charge is 2.28. The number of nitrogens with one attached hydrogen (secondary N) is 6. The lowest BCUT2D eigenvalue weighted by atomic mass is 10.0. The molecule has 0 aromatic heterocycles. The minimum Gasteiger partial charge on any atom is -0.407 e. The maximum atomic E-state index is 13.0. The van der Waals surface area contributed by atoms with Gasteiger partial charge >= 0.3 is 0 Å². The van der Waals surface area contributed by atoms with Crippen LogP contribution in [-0.4, -0.2) is 73.8 Å². The number of amidine groups is 2. The Kier molecular flexibility index (Phi) is 7.71. The Hall–Kier alpha value is -4.51. The molecule has 36 heavy (non-hydrogen) atoms. The van der Waals surface area contributed by atoms with Gasteiger partial charge in [-0.2, -0.15) is 0 Å². The summed E-state index contributed by atoms with van der Waals surface area (Å²) in [4.78, 5) is 19.4. The van der Waals surface area contributed by atoms with Gasteiger partial charge in [0, 0.05) is 37.5 Å². The van der Waals surface area contributed by atoms with Crippen molar-refractivity contribution in [2.24, 2.45) is 4.99 Å². The Balaban J connectivity index is 1.53. The molecule has 6 N–H and O–H groups in total. The van der Waals surface area contributed by atoms with Gasteiger partial charge < -0.3 is 30.3 Å². The van der Waals surface area contributed by atoms with Crippen LogP contribution in [0.15, 0.2) is 71.4 Å². The number of amides is 1. The summed E-state index contributed by atoms with van der Waals surface area (Å²) in [7, 11) is 1.65. The molecule has 0 bridgehead atoms. The molecule has 4 rings (SSSR count). The highest BCUT2D eigenvalue weighted by molar-refractivity contribution is 6.21. The fraction of sp³-hybridized carbons (Fsp3) is 0.240. The van der Waals surface area contributed by atoms with Crippen LogP contribution in [-0.2, 0) is 14.3 Å². The van der Waals surface area contributed by atoms with Crippen molar-refractivity contribution in [3.05, 3.63) is 77.5 Å². The van der Waals surface area contributed by atoms with Crippen LogP contribution in [0, 0.1) is 16.2 Å². The van der Waals surface area contributed by atoms with Gasteiger partial charge in [0.25, 0.3) is 11.9 Å². The number of benzodiazepines with no additional fused rings is 1. The first kappa shape index (κ1) is 24.6. The first-order chi connectivity index (χ1) is 17.5. The second kappa shape index (κ2) is 11.3. The molecular formula is C25H28N8O3. The summed E-state index contributed by atoms with van der Waals surface area (Å²) >= 11 is 0. The Bertz CT molecular complexity index is 1220. The van der Waals surface area contributed by atoms with E-state index in [-0.39, 0.29) is 11.4 Å². The second-order valence-corrected chi connectivity index (χ2v) is 7.98. The molecule has 1 saturated heterocycles. The topological polar surface area (TPSA) is 159 Å². The smallest absolute Gasteiger partial charge is 0.290 e. The van der Waals surface area contributed by atoms with E-state index in [1.165, 1.54) is 6.20 Å². The summed E-state index contributed by atoms with van der Waals surface area (Å²) in [6.07, 6.45) is 0.289. The van der Waals surface area contributed by atoms with Crippen LogP contribution in [0.3, 0.4) is 0 Å². The van der Waals surface area contributed by atoms with Gasteiger partial charge in [-0.15, -0.1) is 0 Å². The molecule has 11 nitrogen and oxygen atoms in total. The lowest BCUT2D eigenvalue weighted by molar-refractivity contribution is -0.117. The first-order valence-corrected chi connectivity index (χ1v) is 11.4. The number of anilines is 1. The van der Waals surface area contributed by atoms with Gasteiger partial charge in [0.1, 0.15) is 5.84 Å². The Morgan fingerprint density at radius 2 is 1.81 bits per heavy atom. The summed E-state index contributed by atoms with van der Waals surface area (Å²) in [6.45, 7) is 2.01. The molecule has 2 aromatic rings. The van der Waals surface area contributed by atoms with Crippen LogP contribution in [0.5, 0.6) is 0 Å². The minimum absolute atomic E-state index is 0.0810. The van der Waals surface area contributed by atoms with E-state index in [9.17, 15) is 4.79 Å². The van der Waals surface area contributed by atoms with Crippen molar-refractivity contribution >= 4 is 35.1 Å². The molecule has 1 atom stereocenters. The zero-order valence-electron chi connectivity index (χ0n) is 19.8. The highest BCUT2D eigenvalue weighted by atomic mass is 16.5. The van der Waals surface area contributed by atoms with Crippen molar-refractivity contribution in [3.8, 4) is 0 Å². The number of para-hydroxylation sites is 1. The lowest BCUT2D eigenvalue weighted by Crippen LogP contribution is -2.45. The zero-order chi connectivity index (χ0) is 25.5. The Labute approximate surface area is 208 Å². The van der Waals surface area contributed by atoms with Gasteiger partial charge in [0.15, 0.2) is 0 Å². The normalized spacial score (nSPS) is 17.6. The van der Waals surface area contributed by atoms with Crippen molar-refractivity contribution in [2.45, 2.75) is 6.17 Å². The molecule has 0 aliphatic carbocycles. The number of benzene rings is 2. The van der Waals surface area contributed by atoms with E-state index in [1.807, 2.05) is 48.5 Å². The van der Waals surface area contributed by atoms with Crippen LogP contribution in [0.25, 0.3) is 0 Å². The number of morpholine rings is 1. The summed E-state index contributed by atoms with van der Waals surface area (Å²) in [6, 6.07) is 16.3. The quantitative estimate of drug-likeness (QED) is 0.278. The van der Waals surface area contributed by atoms with Gasteiger partial charge in [0.05, 0.1) is 30.2 Å². The van der Waals surface area contributed by atoms with E-state index in [0.717, 1.165) is 11.1 Å².